The summed E-state index contributed by atoms with van der Waals surface area (Å²) in [7, 11) is 2.19. The summed E-state index contributed by atoms with van der Waals surface area (Å²) in [5.41, 5.74) is 7.31. The summed E-state index contributed by atoms with van der Waals surface area (Å²) in [5, 5.41) is 0. The lowest BCUT2D eigenvalue weighted by molar-refractivity contribution is -0.176. The average molecular weight is 514 g/mol. The second-order valence-electron chi connectivity index (χ2n) is 12.0. The summed E-state index contributed by atoms with van der Waals surface area (Å²) in [5.74, 6) is 1.59. The van der Waals surface area contributed by atoms with Gasteiger partial charge in [-0.1, -0.05) is 50.3 Å². The topological polar surface area (TPSA) is 58.2 Å². The molecule has 3 aromatic rings. The van der Waals surface area contributed by atoms with Crippen molar-refractivity contribution >= 4 is 22.6 Å². The minimum absolute atomic E-state index is 0.0629. The Hall–Kier alpha value is -2.92. The van der Waals surface area contributed by atoms with E-state index in [4.69, 9.17) is 9.72 Å². The smallest absolute Gasteiger partial charge is 0.308 e. The molecule has 0 radical (unpaired) electrons. The highest BCUT2D eigenvalue weighted by Crippen LogP contribution is 2.53. The lowest BCUT2D eigenvalue weighted by atomic mass is 9.60. The molecular weight excluding hydrogens is 470 g/mol. The number of H-pyrrole nitrogens is 1. The molecule has 2 bridgehead atoms. The predicted molar refractivity (Wildman–Crippen MR) is 155 cm³/mol. The molecule has 0 saturated heterocycles. The van der Waals surface area contributed by atoms with E-state index < -0.39 is 5.60 Å². The van der Waals surface area contributed by atoms with Crippen LogP contribution in [0.5, 0.6) is 0 Å². The van der Waals surface area contributed by atoms with Crippen LogP contribution in [0.4, 0.5) is 0 Å². The molecule has 0 aliphatic heterocycles. The van der Waals surface area contributed by atoms with Crippen molar-refractivity contribution in [1.82, 2.24) is 14.9 Å². The highest BCUT2D eigenvalue weighted by molar-refractivity contribution is 5.76. The number of aryl methyl sites for hydroxylation is 3. The molecule has 3 unspecified atom stereocenters. The van der Waals surface area contributed by atoms with Gasteiger partial charge in [0.2, 0.25) is 0 Å². The van der Waals surface area contributed by atoms with Crippen molar-refractivity contribution in [3.63, 3.8) is 0 Å². The Balaban J connectivity index is 1.27. The zero-order valence-corrected chi connectivity index (χ0v) is 23.7. The van der Waals surface area contributed by atoms with Crippen molar-refractivity contribution in [3.8, 4) is 0 Å². The van der Waals surface area contributed by atoms with E-state index in [1.165, 1.54) is 28.7 Å². The minimum atomic E-state index is -0.405. The summed E-state index contributed by atoms with van der Waals surface area (Å²) in [6.45, 7) is 10.2. The van der Waals surface area contributed by atoms with Gasteiger partial charge in [-0.3, -0.25) is 4.79 Å². The Morgan fingerprint density at radius 1 is 1.11 bits per heavy atom. The number of aromatic amines is 1. The van der Waals surface area contributed by atoms with Crippen LogP contribution in [0.15, 0.2) is 48.5 Å². The van der Waals surface area contributed by atoms with Crippen molar-refractivity contribution in [1.29, 1.82) is 0 Å². The standard InChI is InChI=1S/C33H43N3O2/c1-22(2)32(37)38-33(17-19-36(5)18-9-14-30-34-28-12-6-7-13-29(28)35-30)21-25-15-16-26(33)20-27(25)31-23(3)10-8-11-24(31)4/h6-8,10-13,20,22,25-26H,9,14-19,21H2,1-5H3,(H,34,35). The molecule has 3 aliphatic rings. The van der Waals surface area contributed by atoms with Gasteiger partial charge in [-0.05, 0) is 93.4 Å². The number of rotatable bonds is 10. The van der Waals surface area contributed by atoms with E-state index >= 15 is 0 Å². The maximum atomic E-state index is 12.9. The summed E-state index contributed by atoms with van der Waals surface area (Å²) >= 11 is 0. The van der Waals surface area contributed by atoms with E-state index in [9.17, 15) is 4.79 Å². The minimum Gasteiger partial charge on any atom is -0.458 e. The largest absolute Gasteiger partial charge is 0.458 e. The molecule has 1 aromatic heterocycles. The molecule has 5 nitrogen and oxygen atoms in total. The lowest BCUT2D eigenvalue weighted by Crippen LogP contribution is -2.51. The molecule has 1 heterocycles. The maximum Gasteiger partial charge on any atom is 0.308 e. The summed E-state index contributed by atoms with van der Waals surface area (Å²) < 4.78 is 6.45. The zero-order chi connectivity index (χ0) is 26.9. The van der Waals surface area contributed by atoms with E-state index in [-0.39, 0.29) is 17.8 Å². The molecule has 0 spiro atoms. The third kappa shape index (κ3) is 5.44. The number of nitrogens with zero attached hydrogens (tertiary/aromatic N) is 2. The van der Waals surface area contributed by atoms with Crippen LogP contribution in [-0.4, -0.2) is 46.6 Å². The number of fused-ring (bicyclic) bond motifs is 3. The molecule has 3 atom stereocenters. The lowest BCUT2D eigenvalue weighted by Gasteiger charge is -2.51. The number of para-hydroxylation sites is 2. The van der Waals surface area contributed by atoms with E-state index in [1.807, 2.05) is 26.0 Å². The molecule has 202 valence electrons. The highest BCUT2D eigenvalue weighted by atomic mass is 16.6. The van der Waals surface area contributed by atoms with Crippen LogP contribution in [0, 0.1) is 31.6 Å². The number of hydrogen-bond acceptors (Lipinski definition) is 4. The van der Waals surface area contributed by atoms with Gasteiger partial charge in [-0.25, -0.2) is 4.98 Å². The van der Waals surface area contributed by atoms with Gasteiger partial charge in [-0.15, -0.1) is 0 Å². The molecule has 1 N–H and O–H groups in total. The van der Waals surface area contributed by atoms with E-state index in [0.29, 0.717) is 5.92 Å². The van der Waals surface area contributed by atoms with Crippen molar-refractivity contribution < 1.29 is 9.53 Å². The summed E-state index contributed by atoms with van der Waals surface area (Å²) in [6.07, 6.45) is 8.53. The fraction of sp³-hybridized carbons (Fsp3) is 0.515. The molecule has 5 heteroatoms. The van der Waals surface area contributed by atoms with Gasteiger partial charge < -0.3 is 14.6 Å². The molecule has 1 fully saturated rings. The number of ether oxygens (including phenoxy) is 1. The molecule has 2 aromatic carbocycles. The number of esters is 1. The van der Waals surface area contributed by atoms with E-state index in [1.54, 1.807) is 0 Å². The second-order valence-corrected chi connectivity index (χ2v) is 12.0. The second kappa shape index (κ2) is 11.1. The Morgan fingerprint density at radius 2 is 1.87 bits per heavy atom. The Morgan fingerprint density at radius 3 is 2.55 bits per heavy atom. The van der Waals surface area contributed by atoms with Gasteiger partial charge in [0.15, 0.2) is 0 Å². The van der Waals surface area contributed by atoms with Crippen LogP contribution >= 0.6 is 0 Å². The van der Waals surface area contributed by atoms with E-state index in [0.717, 1.165) is 62.1 Å². The number of aromatic nitrogens is 2. The van der Waals surface area contributed by atoms with Gasteiger partial charge in [0.05, 0.1) is 17.0 Å². The van der Waals surface area contributed by atoms with Crippen molar-refractivity contribution in [2.45, 2.75) is 71.8 Å². The van der Waals surface area contributed by atoms with Crippen LogP contribution in [0.2, 0.25) is 0 Å². The summed E-state index contributed by atoms with van der Waals surface area (Å²) in [4.78, 5) is 23.5. The number of carbonyl (C=O) groups excluding carboxylic acids is 1. The molecule has 38 heavy (non-hydrogen) atoms. The van der Waals surface area contributed by atoms with Gasteiger partial charge in [0.1, 0.15) is 11.4 Å². The Labute approximate surface area is 227 Å². The molecule has 6 rings (SSSR count). The van der Waals surface area contributed by atoms with Gasteiger partial charge in [0.25, 0.3) is 0 Å². The van der Waals surface area contributed by atoms with Gasteiger partial charge in [-0.2, -0.15) is 0 Å². The Kier molecular flexibility index (Phi) is 7.76. The Bertz CT molecular complexity index is 1270. The average Bonchev–Trinajstić information content (AvgIpc) is 3.31. The van der Waals surface area contributed by atoms with Crippen LogP contribution < -0.4 is 0 Å². The number of imidazole rings is 1. The third-order valence-electron chi connectivity index (χ3n) is 8.77. The SMILES string of the molecule is Cc1cccc(C)c1C1=CC2CCC1CC2(CCN(C)CCCc1nc2ccccc2[nH]1)OC(=O)C(C)C. The molecule has 0 amide bonds. The van der Waals surface area contributed by atoms with Crippen molar-refractivity contribution in [2.75, 3.05) is 20.1 Å². The third-order valence-corrected chi connectivity index (χ3v) is 8.77. The van der Waals surface area contributed by atoms with E-state index in [2.05, 4.69) is 67.2 Å². The van der Waals surface area contributed by atoms with Crippen LogP contribution in [0.1, 0.15) is 68.5 Å². The first kappa shape index (κ1) is 26.7. The fourth-order valence-corrected chi connectivity index (χ4v) is 6.63. The number of carbonyl (C=O) groups is 1. The molecule has 1 saturated carbocycles. The van der Waals surface area contributed by atoms with Crippen LogP contribution in [-0.2, 0) is 16.0 Å². The van der Waals surface area contributed by atoms with Gasteiger partial charge in [0, 0.05) is 25.3 Å². The monoisotopic (exact) mass is 513 g/mol. The molecule has 3 aliphatic carbocycles. The van der Waals surface area contributed by atoms with Crippen molar-refractivity contribution in [3.05, 3.63) is 71.1 Å². The fourth-order valence-electron chi connectivity index (χ4n) is 6.63. The zero-order valence-electron chi connectivity index (χ0n) is 23.7. The van der Waals surface area contributed by atoms with Crippen LogP contribution in [0.3, 0.4) is 0 Å². The maximum absolute atomic E-state index is 12.9. The summed E-state index contributed by atoms with van der Waals surface area (Å²) in [6, 6.07) is 14.8. The first-order valence-corrected chi connectivity index (χ1v) is 14.4. The van der Waals surface area contributed by atoms with Crippen LogP contribution in [0.25, 0.3) is 16.6 Å². The number of nitrogens with one attached hydrogen (secondary N) is 1. The number of hydrogen-bond donors (Lipinski definition) is 1. The number of benzene rings is 2. The molecular formula is C33H43N3O2. The van der Waals surface area contributed by atoms with Gasteiger partial charge >= 0.3 is 5.97 Å². The quantitative estimate of drug-likeness (QED) is 0.300. The highest BCUT2D eigenvalue weighted by Gasteiger charge is 2.50. The first-order chi connectivity index (χ1) is 18.3. The van der Waals surface area contributed by atoms with Crippen molar-refractivity contribution in [2.24, 2.45) is 17.8 Å². The predicted octanol–water partition coefficient (Wildman–Crippen LogP) is 6.89. The number of allylic oxidation sites excluding steroid dienone is 1. The first-order valence-electron chi connectivity index (χ1n) is 14.4. The normalized spacial score (nSPS) is 22.9.